The van der Waals surface area contributed by atoms with Crippen LogP contribution in [-0.2, 0) is 9.59 Å². The highest BCUT2D eigenvalue weighted by atomic mass is 35.5. The molecule has 0 atom stereocenters. The molecule has 0 aromatic heterocycles. The average molecular weight is 302 g/mol. The van der Waals surface area contributed by atoms with E-state index in [1.54, 1.807) is 12.1 Å². The first-order chi connectivity index (χ1) is 8.81. The molecule has 104 valence electrons. The molecule has 0 aliphatic rings. The molecule has 1 amide bonds. The topological polar surface area (TPSA) is 66.4 Å². The van der Waals surface area contributed by atoms with Crippen LogP contribution in [0.3, 0.4) is 0 Å². The number of carboxylic acids is 1. The van der Waals surface area contributed by atoms with Crippen molar-refractivity contribution in [1.29, 1.82) is 0 Å². The quantitative estimate of drug-likeness (QED) is 0.793. The van der Waals surface area contributed by atoms with Crippen LogP contribution >= 0.6 is 23.4 Å². The third kappa shape index (κ3) is 5.53. The van der Waals surface area contributed by atoms with E-state index in [0.717, 1.165) is 4.90 Å². The summed E-state index contributed by atoms with van der Waals surface area (Å²) < 4.78 is 0. The van der Waals surface area contributed by atoms with Crippen LogP contribution in [0.5, 0.6) is 0 Å². The Balaban J connectivity index is 2.35. The minimum absolute atomic E-state index is 0.268. The Kier molecular flexibility index (Phi) is 5.69. The summed E-state index contributed by atoms with van der Waals surface area (Å²) in [6.07, 6.45) is 0.268. The lowest BCUT2D eigenvalue weighted by molar-refractivity contribution is -0.145. The molecule has 1 aromatic carbocycles. The number of thioether (sulfide) groups is 1. The van der Waals surface area contributed by atoms with Gasteiger partial charge in [-0.2, -0.15) is 0 Å². The van der Waals surface area contributed by atoms with Crippen molar-refractivity contribution in [3.8, 4) is 0 Å². The molecule has 19 heavy (non-hydrogen) atoms. The third-order valence-corrected chi connectivity index (χ3v) is 3.66. The number of halogens is 1. The van der Waals surface area contributed by atoms with Gasteiger partial charge >= 0.3 is 5.97 Å². The van der Waals surface area contributed by atoms with Crippen molar-refractivity contribution in [1.82, 2.24) is 5.32 Å². The van der Waals surface area contributed by atoms with Gasteiger partial charge < -0.3 is 10.4 Å². The van der Waals surface area contributed by atoms with Gasteiger partial charge in [-0.05, 0) is 38.1 Å². The largest absolute Gasteiger partial charge is 0.480 e. The fraction of sp³-hybridized carbons (Fsp3) is 0.385. The van der Waals surface area contributed by atoms with Crippen LogP contribution < -0.4 is 5.32 Å². The van der Waals surface area contributed by atoms with Gasteiger partial charge in [-0.15, -0.1) is 11.8 Å². The summed E-state index contributed by atoms with van der Waals surface area (Å²) in [5, 5.41) is 12.0. The van der Waals surface area contributed by atoms with Gasteiger partial charge in [0.1, 0.15) is 5.54 Å². The highest BCUT2D eigenvalue weighted by Crippen LogP contribution is 2.20. The normalized spacial score (nSPS) is 11.1. The minimum Gasteiger partial charge on any atom is -0.480 e. The first-order valence-electron chi connectivity index (χ1n) is 5.74. The zero-order chi connectivity index (χ0) is 14.5. The van der Waals surface area contributed by atoms with E-state index in [4.69, 9.17) is 16.7 Å². The monoisotopic (exact) mass is 301 g/mol. The standard InChI is InChI=1S/C13H16ClNO3S/c1-13(2,12(17)18)15-11(16)7-8-19-10-5-3-9(14)4-6-10/h3-6H,7-8H2,1-2H3,(H,15,16)(H,17,18). The van der Waals surface area contributed by atoms with E-state index in [1.165, 1.54) is 25.6 Å². The molecule has 0 bridgehead atoms. The van der Waals surface area contributed by atoms with E-state index in [2.05, 4.69) is 5.32 Å². The number of carboxylic acid groups (broad SMARTS) is 1. The maximum Gasteiger partial charge on any atom is 0.328 e. The summed E-state index contributed by atoms with van der Waals surface area (Å²) in [6, 6.07) is 7.34. The number of amides is 1. The van der Waals surface area contributed by atoms with Crippen LogP contribution in [0.1, 0.15) is 20.3 Å². The van der Waals surface area contributed by atoms with Gasteiger partial charge in [0.25, 0.3) is 0 Å². The maximum atomic E-state index is 11.6. The van der Waals surface area contributed by atoms with E-state index in [9.17, 15) is 9.59 Å². The fourth-order valence-electron chi connectivity index (χ4n) is 1.26. The molecule has 0 fully saturated rings. The SMILES string of the molecule is CC(C)(NC(=O)CCSc1ccc(Cl)cc1)C(=O)O. The van der Waals surface area contributed by atoms with E-state index in [0.29, 0.717) is 10.8 Å². The minimum atomic E-state index is -1.23. The van der Waals surface area contributed by atoms with E-state index in [-0.39, 0.29) is 12.3 Å². The third-order valence-electron chi connectivity index (χ3n) is 2.40. The van der Waals surface area contributed by atoms with Crippen molar-refractivity contribution in [2.45, 2.75) is 30.7 Å². The summed E-state index contributed by atoms with van der Waals surface area (Å²) in [4.78, 5) is 23.5. The van der Waals surface area contributed by atoms with E-state index >= 15 is 0 Å². The highest BCUT2D eigenvalue weighted by molar-refractivity contribution is 7.99. The van der Waals surface area contributed by atoms with Crippen molar-refractivity contribution < 1.29 is 14.7 Å². The van der Waals surface area contributed by atoms with Crippen molar-refractivity contribution >= 4 is 35.2 Å². The van der Waals surface area contributed by atoms with Crippen LogP contribution in [0, 0.1) is 0 Å². The molecule has 0 unspecified atom stereocenters. The number of nitrogens with one attached hydrogen (secondary N) is 1. The Hall–Kier alpha value is -1.20. The molecule has 1 rings (SSSR count). The van der Waals surface area contributed by atoms with Gasteiger partial charge in [0.15, 0.2) is 0 Å². The van der Waals surface area contributed by atoms with Gasteiger partial charge in [0.2, 0.25) is 5.91 Å². The second-order valence-corrected chi connectivity index (χ2v) is 6.14. The summed E-state index contributed by atoms with van der Waals surface area (Å²) >= 11 is 7.29. The summed E-state index contributed by atoms with van der Waals surface area (Å²) in [6.45, 7) is 2.92. The van der Waals surface area contributed by atoms with Crippen LogP contribution in [0.4, 0.5) is 0 Å². The Morgan fingerprint density at radius 3 is 2.42 bits per heavy atom. The van der Waals surface area contributed by atoms with Gasteiger partial charge in [-0.1, -0.05) is 11.6 Å². The molecule has 0 saturated heterocycles. The van der Waals surface area contributed by atoms with E-state index in [1.807, 2.05) is 12.1 Å². The lowest BCUT2D eigenvalue weighted by atomic mass is 10.1. The second kappa shape index (κ2) is 6.82. The molecule has 0 heterocycles. The van der Waals surface area contributed by atoms with Gasteiger partial charge in [0.05, 0.1) is 0 Å². The number of carbonyl (C=O) groups excluding carboxylic acids is 1. The smallest absolute Gasteiger partial charge is 0.328 e. The molecule has 4 nitrogen and oxygen atoms in total. The summed E-state index contributed by atoms with van der Waals surface area (Å²) in [7, 11) is 0. The van der Waals surface area contributed by atoms with Crippen LogP contribution in [0.2, 0.25) is 5.02 Å². The first kappa shape index (κ1) is 15.9. The predicted molar refractivity (Wildman–Crippen MR) is 76.7 cm³/mol. The number of rotatable bonds is 6. The Morgan fingerprint density at radius 1 is 1.32 bits per heavy atom. The molecule has 0 aliphatic heterocycles. The Bertz CT molecular complexity index is 459. The number of hydrogen-bond acceptors (Lipinski definition) is 3. The van der Waals surface area contributed by atoms with Crippen LogP contribution in [0.15, 0.2) is 29.2 Å². The number of aliphatic carboxylic acids is 1. The van der Waals surface area contributed by atoms with Crippen LogP contribution in [0.25, 0.3) is 0 Å². The average Bonchev–Trinajstić information content (AvgIpc) is 2.31. The molecule has 6 heteroatoms. The maximum absolute atomic E-state index is 11.6. The van der Waals surface area contributed by atoms with Gasteiger partial charge in [0, 0.05) is 22.1 Å². The molecular weight excluding hydrogens is 286 g/mol. The second-order valence-electron chi connectivity index (χ2n) is 4.53. The lowest BCUT2D eigenvalue weighted by Crippen LogP contribution is -2.49. The van der Waals surface area contributed by atoms with E-state index < -0.39 is 11.5 Å². The van der Waals surface area contributed by atoms with Gasteiger partial charge in [-0.3, -0.25) is 4.79 Å². The predicted octanol–water partition coefficient (Wildman–Crippen LogP) is 2.80. The molecule has 0 spiro atoms. The molecule has 0 aliphatic carbocycles. The summed E-state index contributed by atoms with van der Waals surface area (Å²) in [5.74, 6) is -0.733. The van der Waals surface area contributed by atoms with Crippen molar-refractivity contribution in [3.05, 3.63) is 29.3 Å². The fourth-order valence-corrected chi connectivity index (χ4v) is 2.23. The Morgan fingerprint density at radius 2 is 1.89 bits per heavy atom. The highest BCUT2D eigenvalue weighted by Gasteiger charge is 2.28. The molecule has 2 N–H and O–H groups in total. The molecule has 0 radical (unpaired) electrons. The number of carbonyl (C=O) groups is 2. The van der Waals surface area contributed by atoms with Crippen molar-refractivity contribution in [2.75, 3.05) is 5.75 Å². The lowest BCUT2D eigenvalue weighted by Gasteiger charge is -2.20. The number of benzene rings is 1. The first-order valence-corrected chi connectivity index (χ1v) is 7.10. The zero-order valence-corrected chi connectivity index (χ0v) is 12.3. The zero-order valence-electron chi connectivity index (χ0n) is 10.8. The number of hydrogen-bond donors (Lipinski definition) is 2. The van der Waals surface area contributed by atoms with Gasteiger partial charge in [-0.25, -0.2) is 4.79 Å². The molecule has 1 aromatic rings. The molecular formula is C13H16ClNO3S. The summed E-state index contributed by atoms with van der Waals surface area (Å²) in [5.41, 5.74) is -1.23. The molecule has 0 saturated carbocycles. The van der Waals surface area contributed by atoms with Crippen molar-refractivity contribution in [2.24, 2.45) is 0 Å². The van der Waals surface area contributed by atoms with Crippen LogP contribution in [-0.4, -0.2) is 28.3 Å². The van der Waals surface area contributed by atoms with Crippen molar-refractivity contribution in [3.63, 3.8) is 0 Å². The Labute approximate surface area is 121 Å².